The fourth-order valence-corrected chi connectivity index (χ4v) is 1.50. The van der Waals surface area contributed by atoms with Crippen molar-refractivity contribution in [3.05, 3.63) is 41.4 Å². The zero-order chi connectivity index (χ0) is 9.84. The smallest absolute Gasteiger partial charge is 0.121 e. The van der Waals surface area contributed by atoms with Gasteiger partial charge in [-0.15, -0.1) is 6.58 Å². The molecule has 1 atom stereocenters. The molecule has 0 amide bonds. The van der Waals surface area contributed by atoms with E-state index in [1.165, 1.54) is 0 Å². The zero-order valence-corrected chi connectivity index (χ0v) is 7.96. The Kier molecular flexibility index (Phi) is 3.34. The first-order valence-corrected chi connectivity index (χ1v) is 4.38. The standard InChI is InChI=1S/C10H12ClNO/c1-2-4-8(12)10-7(11)5-3-6-9(10)13/h2-3,5-6,8,13H,1,4,12H2/t8-/m1/s1. The first-order valence-electron chi connectivity index (χ1n) is 4.00. The fraction of sp³-hybridized carbons (Fsp3) is 0.200. The summed E-state index contributed by atoms with van der Waals surface area (Å²) < 4.78 is 0. The van der Waals surface area contributed by atoms with Crippen LogP contribution in [0.4, 0.5) is 0 Å². The van der Waals surface area contributed by atoms with E-state index in [9.17, 15) is 5.11 Å². The van der Waals surface area contributed by atoms with Crippen molar-refractivity contribution in [1.29, 1.82) is 0 Å². The minimum absolute atomic E-state index is 0.141. The van der Waals surface area contributed by atoms with Crippen molar-refractivity contribution in [1.82, 2.24) is 0 Å². The maximum absolute atomic E-state index is 9.49. The summed E-state index contributed by atoms with van der Waals surface area (Å²) in [5.74, 6) is 0.141. The summed E-state index contributed by atoms with van der Waals surface area (Å²) in [6, 6.07) is 4.68. The van der Waals surface area contributed by atoms with Crippen LogP contribution in [0.1, 0.15) is 18.0 Å². The molecule has 0 aliphatic rings. The molecule has 0 aliphatic carbocycles. The van der Waals surface area contributed by atoms with Crippen molar-refractivity contribution < 1.29 is 5.11 Å². The van der Waals surface area contributed by atoms with E-state index in [2.05, 4.69) is 6.58 Å². The fourth-order valence-electron chi connectivity index (χ4n) is 1.19. The van der Waals surface area contributed by atoms with E-state index in [1.54, 1.807) is 24.3 Å². The molecule has 1 aromatic carbocycles. The summed E-state index contributed by atoms with van der Waals surface area (Å²) in [6.07, 6.45) is 2.30. The first-order chi connectivity index (χ1) is 6.16. The zero-order valence-electron chi connectivity index (χ0n) is 7.20. The number of benzene rings is 1. The lowest BCUT2D eigenvalue weighted by Crippen LogP contribution is -2.09. The van der Waals surface area contributed by atoms with E-state index in [4.69, 9.17) is 17.3 Å². The van der Waals surface area contributed by atoms with Gasteiger partial charge in [0.2, 0.25) is 0 Å². The molecule has 3 heteroatoms. The third-order valence-electron chi connectivity index (χ3n) is 1.82. The summed E-state index contributed by atoms with van der Waals surface area (Å²) >= 11 is 5.89. The van der Waals surface area contributed by atoms with Crippen molar-refractivity contribution in [3.8, 4) is 5.75 Å². The van der Waals surface area contributed by atoms with E-state index >= 15 is 0 Å². The van der Waals surface area contributed by atoms with Crippen LogP contribution in [0.2, 0.25) is 5.02 Å². The van der Waals surface area contributed by atoms with Crippen molar-refractivity contribution in [2.45, 2.75) is 12.5 Å². The molecular formula is C10H12ClNO. The number of hydrogen-bond donors (Lipinski definition) is 2. The van der Waals surface area contributed by atoms with Crippen LogP contribution in [0, 0.1) is 0 Å². The topological polar surface area (TPSA) is 46.2 Å². The lowest BCUT2D eigenvalue weighted by Gasteiger charge is -2.12. The van der Waals surface area contributed by atoms with Crippen LogP contribution in [0.25, 0.3) is 0 Å². The van der Waals surface area contributed by atoms with Crippen molar-refractivity contribution >= 4 is 11.6 Å². The molecule has 0 heterocycles. The van der Waals surface area contributed by atoms with Gasteiger partial charge in [-0.05, 0) is 18.6 Å². The highest BCUT2D eigenvalue weighted by Crippen LogP contribution is 2.31. The monoisotopic (exact) mass is 197 g/mol. The van der Waals surface area contributed by atoms with E-state index in [-0.39, 0.29) is 11.8 Å². The molecule has 0 fully saturated rings. The lowest BCUT2D eigenvalue weighted by molar-refractivity contribution is 0.462. The van der Waals surface area contributed by atoms with Gasteiger partial charge in [0.1, 0.15) is 5.75 Å². The van der Waals surface area contributed by atoms with Crippen LogP contribution < -0.4 is 5.73 Å². The maximum atomic E-state index is 9.49. The van der Waals surface area contributed by atoms with Gasteiger partial charge in [0.05, 0.1) is 0 Å². The highest BCUT2D eigenvalue weighted by Gasteiger charge is 2.12. The summed E-state index contributed by atoms with van der Waals surface area (Å²) in [6.45, 7) is 3.58. The highest BCUT2D eigenvalue weighted by molar-refractivity contribution is 6.31. The van der Waals surface area contributed by atoms with Gasteiger partial charge in [0.15, 0.2) is 0 Å². The van der Waals surface area contributed by atoms with Crippen molar-refractivity contribution in [2.75, 3.05) is 0 Å². The number of halogens is 1. The number of hydrogen-bond acceptors (Lipinski definition) is 2. The minimum atomic E-state index is -0.286. The molecule has 0 aliphatic heterocycles. The Morgan fingerprint density at radius 3 is 2.85 bits per heavy atom. The summed E-state index contributed by atoms with van der Waals surface area (Å²) in [7, 11) is 0. The number of phenols is 1. The second kappa shape index (κ2) is 4.30. The molecular weight excluding hydrogens is 186 g/mol. The molecule has 0 unspecified atom stereocenters. The lowest BCUT2D eigenvalue weighted by atomic mass is 10.0. The molecule has 1 rings (SSSR count). The van der Waals surface area contributed by atoms with Crippen molar-refractivity contribution in [2.24, 2.45) is 5.73 Å². The van der Waals surface area contributed by atoms with Gasteiger partial charge in [0, 0.05) is 16.6 Å². The molecule has 70 valence electrons. The average Bonchev–Trinajstić information content (AvgIpc) is 2.04. The van der Waals surface area contributed by atoms with Gasteiger partial charge in [-0.1, -0.05) is 23.7 Å². The second-order valence-electron chi connectivity index (χ2n) is 2.80. The van der Waals surface area contributed by atoms with Gasteiger partial charge in [-0.2, -0.15) is 0 Å². The van der Waals surface area contributed by atoms with Crippen LogP contribution >= 0.6 is 11.6 Å². The molecule has 1 aromatic rings. The van der Waals surface area contributed by atoms with E-state index in [1.807, 2.05) is 0 Å². The Labute approximate surface area is 82.6 Å². The number of nitrogens with two attached hydrogens (primary N) is 1. The van der Waals surface area contributed by atoms with Gasteiger partial charge in [0.25, 0.3) is 0 Å². The molecule has 0 radical (unpaired) electrons. The number of aromatic hydroxyl groups is 1. The highest BCUT2D eigenvalue weighted by atomic mass is 35.5. The summed E-state index contributed by atoms with van der Waals surface area (Å²) in [4.78, 5) is 0. The SMILES string of the molecule is C=CC[C@@H](N)c1c(O)cccc1Cl. The predicted octanol–water partition coefficient (Wildman–Crippen LogP) is 2.62. The summed E-state index contributed by atoms with van der Waals surface area (Å²) in [5, 5.41) is 9.98. The third kappa shape index (κ3) is 2.23. The Morgan fingerprint density at radius 2 is 2.31 bits per heavy atom. The van der Waals surface area contributed by atoms with Crippen LogP contribution in [-0.4, -0.2) is 5.11 Å². The average molecular weight is 198 g/mol. The van der Waals surface area contributed by atoms with Crippen LogP contribution in [-0.2, 0) is 0 Å². The molecule has 0 saturated heterocycles. The van der Waals surface area contributed by atoms with Gasteiger partial charge >= 0.3 is 0 Å². The van der Waals surface area contributed by atoms with Crippen LogP contribution in [0.5, 0.6) is 5.75 Å². The minimum Gasteiger partial charge on any atom is -0.508 e. The first kappa shape index (κ1) is 10.1. The maximum Gasteiger partial charge on any atom is 0.121 e. The van der Waals surface area contributed by atoms with E-state index in [0.29, 0.717) is 17.0 Å². The normalized spacial score (nSPS) is 12.5. The Morgan fingerprint density at radius 1 is 1.62 bits per heavy atom. The molecule has 0 bridgehead atoms. The van der Waals surface area contributed by atoms with Crippen LogP contribution in [0.15, 0.2) is 30.9 Å². The van der Waals surface area contributed by atoms with Gasteiger partial charge < -0.3 is 10.8 Å². The van der Waals surface area contributed by atoms with Gasteiger partial charge in [-0.25, -0.2) is 0 Å². The van der Waals surface area contributed by atoms with Gasteiger partial charge in [-0.3, -0.25) is 0 Å². The molecule has 0 spiro atoms. The largest absolute Gasteiger partial charge is 0.508 e. The number of phenolic OH excluding ortho intramolecular Hbond substituents is 1. The number of rotatable bonds is 3. The second-order valence-corrected chi connectivity index (χ2v) is 3.21. The Bertz CT molecular complexity index is 292. The molecule has 3 N–H and O–H groups in total. The Hall–Kier alpha value is -0.990. The van der Waals surface area contributed by atoms with E-state index in [0.717, 1.165) is 0 Å². The van der Waals surface area contributed by atoms with Crippen LogP contribution in [0.3, 0.4) is 0 Å². The summed E-state index contributed by atoms with van der Waals surface area (Å²) in [5.41, 5.74) is 6.38. The van der Waals surface area contributed by atoms with E-state index < -0.39 is 0 Å². The van der Waals surface area contributed by atoms with Crippen molar-refractivity contribution in [3.63, 3.8) is 0 Å². The third-order valence-corrected chi connectivity index (χ3v) is 2.15. The molecule has 0 saturated carbocycles. The predicted molar refractivity (Wildman–Crippen MR) is 54.9 cm³/mol. The molecule has 0 aromatic heterocycles. The quantitative estimate of drug-likeness (QED) is 0.732. The molecule has 2 nitrogen and oxygen atoms in total. The molecule has 13 heavy (non-hydrogen) atoms. The Balaban J connectivity index is 3.04.